The molecule has 2 atom stereocenters. The number of carbonyl (C=O) groups is 1. The minimum Gasteiger partial charge on any atom is -0.496 e. The molecule has 1 saturated carbocycles. The molecule has 9 nitrogen and oxygen atoms in total. The number of nitriles is 1. The minimum atomic E-state index is -0.0902. The zero-order chi connectivity index (χ0) is 28.6. The Morgan fingerprint density at radius 1 is 1.05 bits per heavy atom. The molecule has 4 heterocycles. The second-order valence-corrected chi connectivity index (χ2v) is 11.3. The fraction of sp³-hybridized carbons (Fsp3) is 0.364. The van der Waals surface area contributed by atoms with Crippen molar-refractivity contribution in [3.63, 3.8) is 0 Å². The van der Waals surface area contributed by atoms with Gasteiger partial charge in [-0.3, -0.25) is 9.78 Å². The average molecular weight is 565 g/mol. The van der Waals surface area contributed by atoms with Crippen LogP contribution in [0.3, 0.4) is 0 Å². The number of piperidine rings is 2. The Balaban J connectivity index is 1.16. The minimum absolute atomic E-state index is 0.0413. The summed E-state index contributed by atoms with van der Waals surface area (Å²) in [6.07, 6.45) is 4.56. The van der Waals surface area contributed by atoms with Gasteiger partial charge in [-0.2, -0.15) is 5.26 Å². The molecule has 2 saturated heterocycles. The van der Waals surface area contributed by atoms with Gasteiger partial charge >= 0.3 is 0 Å². The Hall–Kier alpha value is -4.39. The van der Waals surface area contributed by atoms with Crippen LogP contribution in [0.5, 0.6) is 11.5 Å². The van der Waals surface area contributed by atoms with E-state index in [4.69, 9.17) is 18.6 Å². The Morgan fingerprint density at radius 2 is 1.88 bits per heavy atom. The van der Waals surface area contributed by atoms with E-state index in [2.05, 4.69) is 21.7 Å². The number of aromatic nitrogens is 1. The maximum Gasteiger partial charge on any atom is 0.251 e. The average Bonchev–Trinajstić information content (AvgIpc) is 3.48. The van der Waals surface area contributed by atoms with E-state index in [9.17, 15) is 10.1 Å². The number of amides is 1. The Labute approximate surface area is 243 Å². The highest BCUT2D eigenvalue weighted by atomic mass is 16.5. The van der Waals surface area contributed by atoms with E-state index in [-0.39, 0.29) is 18.1 Å². The van der Waals surface area contributed by atoms with Crippen molar-refractivity contribution in [2.45, 2.75) is 31.4 Å². The molecule has 2 unspecified atom stereocenters. The fourth-order valence-electron chi connectivity index (χ4n) is 6.41. The third kappa shape index (κ3) is 4.87. The zero-order valence-electron chi connectivity index (χ0n) is 23.4. The second-order valence-electron chi connectivity index (χ2n) is 11.3. The van der Waals surface area contributed by atoms with Crippen LogP contribution in [0.15, 0.2) is 59.1 Å². The van der Waals surface area contributed by atoms with Gasteiger partial charge in [-0.1, -0.05) is 6.07 Å². The molecular formula is C33H32N4O5. The lowest BCUT2D eigenvalue weighted by molar-refractivity contribution is 0.0254. The van der Waals surface area contributed by atoms with Crippen molar-refractivity contribution < 1.29 is 23.4 Å². The summed E-state index contributed by atoms with van der Waals surface area (Å²) < 4.78 is 23.6. The molecule has 7 rings (SSSR count). The van der Waals surface area contributed by atoms with Gasteiger partial charge in [0, 0.05) is 42.3 Å². The van der Waals surface area contributed by atoms with E-state index in [1.54, 1.807) is 25.4 Å². The van der Waals surface area contributed by atoms with Crippen LogP contribution >= 0.6 is 0 Å². The van der Waals surface area contributed by atoms with Gasteiger partial charge in [0.1, 0.15) is 34.9 Å². The summed E-state index contributed by atoms with van der Waals surface area (Å²) in [4.78, 5) is 17.6. The van der Waals surface area contributed by atoms with E-state index < -0.39 is 0 Å². The van der Waals surface area contributed by atoms with Gasteiger partial charge in [-0.25, -0.2) is 0 Å². The molecule has 42 heavy (non-hydrogen) atoms. The molecule has 2 aliphatic heterocycles. The van der Waals surface area contributed by atoms with Crippen LogP contribution < -0.4 is 20.1 Å². The lowest BCUT2D eigenvalue weighted by Gasteiger charge is -2.49. The van der Waals surface area contributed by atoms with Crippen molar-refractivity contribution in [2.75, 3.05) is 33.4 Å². The number of fused-ring (bicyclic) bond motifs is 3. The normalized spacial score (nSPS) is 21.8. The van der Waals surface area contributed by atoms with Gasteiger partial charge in [-0.05, 0) is 73.3 Å². The molecule has 1 amide bonds. The smallest absolute Gasteiger partial charge is 0.251 e. The first-order valence-corrected chi connectivity index (χ1v) is 14.5. The summed E-state index contributed by atoms with van der Waals surface area (Å²) >= 11 is 0. The molecule has 1 aliphatic carbocycles. The molecule has 0 radical (unpaired) electrons. The number of benzene rings is 2. The molecule has 2 aromatic carbocycles. The maximum absolute atomic E-state index is 13.1. The number of ether oxygens (including phenoxy) is 3. The van der Waals surface area contributed by atoms with E-state index in [0.717, 1.165) is 42.6 Å². The van der Waals surface area contributed by atoms with Crippen molar-refractivity contribution in [2.24, 2.45) is 11.8 Å². The molecule has 3 fully saturated rings. The number of carbonyl (C=O) groups excluding carboxylic acids is 1. The van der Waals surface area contributed by atoms with Gasteiger partial charge in [0.2, 0.25) is 0 Å². The third-order valence-corrected chi connectivity index (χ3v) is 8.75. The summed E-state index contributed by atoms with van der Waals surface area (Å²) in [5.74, 6) is 2.61. The monoisotopic (exact) mass is 564 g/mol. The Kier molecular flexibility index (Phi) is 7.02. The van der Waals surface area contributed by atoms with Gasteiger partial charge in [0.25, 0.3) is 5.91 Å². The number of nitrogens with zero attached hydrogens (tertiary/aromatic N) is 2. The fourth-order valence-corrected chi connectivity index (χ4v) is 6.41. The molecule has 4 aromatic rings. The summed E-state index contributed by atoms with van der Waals surface area (Å²) in [6.45, 7) is 3.25. The molecule has 2 aromatic heterocycles. The first-order chi connectivity index (χ1) is 20.6. The summed E-state index contributed by atoms with van der Waals surface area (Å²) in [6, 6.07) is 17.3. The predicted molar refractivity (Wildman–Crippen MR) is 156 cm³/mol. The first kappa shape index (κ1) is 26.5. The molecule has 9 heteroatoms. The van der Waals surface area contributed by atoms with Crippen LogP contribution in [-0.4, -0.2) is 56.5 Å². The van der Waals surface area contributed by atoms with Crippen LogP contribution in [0, 0.1) is 23.2 Å². The lowest BCUT2D eigenvalue weighted by Crippen LogP contribution is -2.63. The quantitative estimate of drug-likeness (QED) is 0.324. The number of pyridine rings is 1. The Morgan fingerprint density at radius 3 is 2.64 bits per heavy atom. The highest BCUT2D eigenvalue weighted by Gasteiger charge is 2.44. The molecule has 2 bridgehead atoms. The highest BCUT2D eigenvalue weighted by molar-refractivity contribution is 5.97. The van der Waals surface area contributed by atoms with Crippen LogP contribution in [0.2, 0.25) is 0 Å². The van der Waals surface area contributed by atoms with Gasteiger partial charge < -0.3 is 29.3 Å². The van der Waals surface area contributed by atoms with Crippen molar-refractivity contribution in [3.8, 4) is 40.0 Å². The lowest BCUT2D eigenvalue weighted by atomic mass is 9.67. The van der Waals surface area contributed by atoms with Gasteiger partial charge in [-0.15, -0.1) is 0 Å². The zero-order valence-corrected chi connectivity index (χ0v) is 23.4. The largest absolute Gasteiger partial charge is 0.496 e. The van der Waals surface area contributed by atoms with E-state index in [1.807, 2.05) is 36.4 Å². The molecule has 0 spiro atoms. The van der Waals surface area contributed by atoms with Crippen LogP contribution in [-0.2, 0) is 4.74 Å². The standard InChI is InChI=1S/C33H32N4O5/c1-39-29-14-20(33(38)37-31-22-13-23(31)18-35-17-22)2-4-26(29)30-15-27-32(42-30)25(6-9-36-27)19-3-5-28(21(12-19)16-34)41-24-7-10-40-11-8-24/h2-6,9,12,14-15,22-24,31,35H,7-8,10-11,13,17-18H2,1H3,(H,37,38). The van der Waals surface area contributed by atoms with Crippen LogP contribution in [0.1, 0.15) is 35.2 Å². The third-order valence-electron chi connectivity index (χ3n) is 8.75. The second kappa shape index (κ2) is 11.1. The SMILES string of the molecule is COc1cc(C(=O)NC2C3CNCC2C3)ccc1-c1cc2nccc(-c3ccc(OC4CCOCC4)c(C#N)c3)c2o1. The number of nitrogens with one attached hydrogen (secondary N) is 2. The highest BCUT2D eigenvalue weighted by Crippen LogP contribution is 2.39. The van der Waals surface area contributed by atoms with E-state index in [0.29, 0.717) is 64.5 Å². The molecular weight excluding hydrogens is 532 g/mol. The first-order valence-electron chi connectivity index (χ1n) is 14.5. The predicted octanol–water partition coefficient (Wildman–Crippen LogP) is 4.94. The van der Waals surface area contributed by atoms with E-state index >= 15 is 0 Å². The molecule has 2 N–H and O–H groups in total. The summed E-state index contributed by atoms with van der Waals surface area (Å²) in [5, 5.41) is 16.5. The van der Waals surface area contributed by atoms with Crippen LogP contribution in [0.4, 0.5) is 0 Å². The Bertz CT molecular complexity index is 1670. The number of methoxy groups -OCH3 is 1. The number of furan rings is 1. The number of rotatable bonds is 7. The topological polar surface area (TPSA) is 119 Å². The summed E-state index contributed by atoms with van der Waals surface area (Å²) in [7, 11) is 1.59. The number of hydrogen-bond donors (Lipinski definition) is 2. The van der Waals surface area contributed by atoms with E-state index in [1.165, 1.54) is 6.42 Å². The van der Waals surface area contributed by atoms with Crippen LogP contribution in [0.25, 0.3) is 33.6 Å². The van der Waals surface area contributed by atoms with Gasteiger partial charge in [0.15, 0.2) is 5.58 Å². The van der Waals surface area contributed by atoms with Crippen molar-refractivity contribution in [1.82, 2.24) is 15.6 Å². The number of hydrogen-bond acceptors (Lipinski definition) is 8. The molecule has 214 valence electrons. The van der Waals surface area contributed by atoms with Crippen molar-refractivity contribution in [1.29, 1.82) is 5.26 Å². The summed E-state index contributed by atoms with van der Waals surface area (Å²) in [5.41, 5.74) is 4.66. The van der Waals surface area contributed by atoms with Crippen molar-refractivity contribution >= 4 is 17.0 Å². The maximum atomic E-state index is 13.1. The van der Waals surface area contributed by atoms with Crippen molar-refractivity contribution in [3.05, 3.63) is 65.9 Å². The van der Waals surface area contributed by atoms with Gasteiger partial charge in [0.05, 0.1) is 31.5 Å². The molecule has 3 aliphatic rings.